The highest BCUT2D eigenvalue weighted by Gasteiger charge is 2.43. The van der Waals surface area contributed by atoms with Gasteiger partial charge in [0.15, 0.2) is 0 Å². The Bertz CT molecular complexity index is 844. The van der Waals surface area contributed by atoms with E-state index >= 15 is 0 Å². The van der Waals surface area contributed by atoms with Gasteiger partial charge in [0.25, 0.3) is 0 Å². The van der Waals surface area contributed by atoms with Crippen molar-refractivity contribution in [3.05, 3.63) is 34.9 Å². The van der Waals surface area contributed by atoms with Gasteiger partial charge in [-0.25, -0.2) is 4.79 Å². The summed E-state index contributed by atoms with van der Waals surface area (Å²) in [5.74, 6) is 2.41. The van der Waals surface area contributed by atoms with E-state index < -0.39 is 23.3 Å². The molecular formula is C25H34N2O4. The maximum absolute atomic E-state index is 13.3. The molecule has 2 N–H and O–H groups in total. The van der Waals surface area contributed by atoms with Gasteiger partial charge in [0.1, 0.15) is 11.1 Å². The highest BCUT2D eigenvalue weighted by Crippen LogP contribution is 2.24. The van der Waals surface area contributed by atoms with Crippen molar-refractivity contribution in [2.24, 2.45) is 0 Å². The predicted molar refractivity (Wildman–Crippen MR) is 120 cm³/mol. The first-order chi connectivity index (χ1) is 14.7. The second-order valence-electron chi connectivity index (χ2n) is 9.53. The Morgan fingerprint density at radius 2 is 1.87 bits per heavy atom. The summed E-state index contributed by atoms with van der Waals surface area (Å²) in [4.78, 5) is 25.7. The Labute approximate surface area is 185 Å². The third-order valence-corrected chi connectivity index (χ3v) is 5.88. The Kier molecular flexibility index (Phi) is 7.27. The number of hydrogen-bond acceptors (Lipinski definition) is 4. The fourth-order valence-electron chi connectivity index (χ4n) is 4.23. The lowest BCUT2D eigenvalue weighted by Crippen LogP contribution is -2.63. The molecule has 6 heteroatoms. The van der Waals surface area contributed by atoms with Crippen LogP contribution in [0.1, 0.15) is 63.1 Å². The van der Waals surface area contributed by atoms with Crippen LogP contribution in [0.25, 0.3) is 0 Å². The summed E-state index contributed by atoms with van der Waals surface area (Å²) in [7, 11) is 0. The molecule has 1 aliphatic carbocycles. The molecule has 1 heterocycles. The smallest absolute Gasteiger partial charge is 0.408 e. The lowest BCUT2D eigenvalue weighted by Gasteiger charge is -2.37. The van der Waals surface area contributed by atoms with E-state index in [0.29, 0.717) is 32.5 Å². The highest BCUT2D eigenvalue weighted by atomic mass is 16.6. The van der Waals surface area contributed by atoms with Crippen molar-refractivity contribution in [1.29, 1.82) is 0 Å². The van der Waals surface area contributed by atoms with Gasteiger partial charge in [-0.15, -0.1) is 6.42 Å². The van der Waals surface area contributed by atoms with Gasteiger partial charge in [-0.2, -0.15) is 0 Å². The van der Waals surface area contributed by atoms with E-state index in [2.05, 4.69) is 34.8 Å². The van der Waals surface area contributed by atoms with Crippen molar-refractivity contribution in [3.8, 4) is 12.3 Å². The lowest BCUT2D eigenvalue weighted by atomic mass is 9.88. The molecule has 1 aromatic carbocycles. The first-order valence-electron chi connectivity index (χ1n) is 11.2. The van der Waals surface area contributed by atoms with E-state index in [9.17, 15) is 9.59 Å². The minimum atomic E-state index is -1.09. The minimum absolute atomic E-state index is 0.289. The molecule has 1 atom stereocenters. The van der Waals surface area contributed by atoms with Crippen molar-refractivity contribution in [2.45, 2.75) is 82.9 Å². The third-order valence-electron chi connectivity index (χ3n) is 5.88. The summed E-state index contributed by atoms with van der Waals surface area (Å²) in [5, 5.41) is 5.77. The standard InChI is InChI=1S/C25H34N2O4/c1-5-21(17-18-10-11-19-8-6-7-9-20(19)16-18)26-22(28)25(12-14-30-15-13-25)27-23(29)31-24(2,3)4/h1,10-11,16,21H,6-9,12-15,17H2,2-4H3,(H,26,28)(H,27,29). The lowest BCUT2D eigenvalue weighted by molar-refractivity contribution is -0.132. The Morgan fingerprint density at radius 1 is 1.19 bits per heavy atom. The van der Waals surface area contributed by atoms with Crippen LogP contribution in [-0.2, 0) is 33.5 Å². The first-order valence-corrected chi connectivity index (χ1v) is 11.2. The molecule has 1 saturated heterocycles. The van der Waals surface area contributed by atoms with Crippen LogP contribution in [0.4, 0.5) is 4.79 Å². The predicted octanol–water partition coefficient (Wildman–Crippen LogP) is 3.30. The van der Waals surface area contributed by atoms with Gasteiger partial charge in [-0.05, 0) is 63.1 Å². The molecule has 168 valence electrons. The summed E-state index contributed by atoms with van der Waals surface area (Å²) < 4.78 is 10.8. The highest BCUT2D eigenvalue weighted by molar-refractivity contribution is 5.90. The number of alkyl carbamates (subject to hydrolysis) is 1. The number of fused-ring (bicyclic) bond motifs is 1. The van der Waals surface area contributed by atoms with Crippen LogP contribution < -0.4 is 10.6 Å². The monoisotopic (exact) mass is 426 g/mol. The number of amides is 2. The topological polar surface area (TPSA) is 76.7 Å². The molecule has 0 radical (unpaired) electrons. The van der Waals surface area contributed by atoms with Crippen LogP contribution >= 0.6 is 0 Å². The molecule has 3 rings (SSSR count). The maximum atomic E-state index is 13.3. The summed E-state index contributed by atoms with van der Waals surface area (Å²) in [5.41, 5.74) is 2.18. The molecule has 0 bridgehead atoms. The molecule has 2 amide bonds. The SMILES string of the molecule is C#CC(Cc1ccc2c(c1)CCCC2)NC(=O)C1(NC(=O)OC(C)(C)C)CCOCC1. The van der Waals surface area contributed by atoms with Gasteiger partial charge >= 0.3 is 6.09 Å². The number of benzene rings is 1. The number of carbonyl (C=O) groups excluding carboxylic acids is 2. The average Bonchev–Trinajstić information content (AvgIpc) is 2.72. The Hall–Kier alpha value is -2.52. The van der Waals surface area contributed by atoms with Crippen molar-refractivity contribution in [3.63, 3.8) is 0 Å². The van der Waals surface area contributed by atoms with Gasteiger partial charge in [-0.1, -0.05) is 24.1 Å². The summed E-state index contributed by atoms with van der Waals surface area (Å²) in [6, 6.07) is 6.04. The van der Waals surface area contributed by atoms with Crippen molar-refractivity contribution < 1.29 is 19.1 Å². The van der Waals surface area contributed by atoms with Gasteiger partial charge in [0.05, 0.1) is 6.04 Å². The second-order valence-corrected chi connectivity index (χ2v) is 9.53. The number of aryl methyl sites for hydroxylation is 2. The summed E-state index contributed by atoms with van der Waals surface area (Å²) in [6.45, 7) is 6.13. The van der Waals surface area contributed by atoms with Gasteiger partial charge in [0.2, 0.25) is 5.91 Å². The Morgan fingerprint density at radius 3 is 2.52 bits per heavy atom. The number of hydrogen-bond donors (Lipinski definition) is 2. The van der Waals surface area contributed by atoms with E-state index in [1.807, 2.05) is 0 Å². The van der Waals surface area contributed by atoms with Crippen LogP contribution in [0.5, 0.6) is 0 Å². The third kappa shape index (κ3) is 6.24. The van der Waals surface area contributed by atoms with Gasteiger partial charge < -0.3 is 20.1 Å². The van der Waals surface area contributed by atoms with Crippen molar-refractivity contribution in [2.75, 3.05) is 13.2 Å². The van der Waals surface area contributed by atoms with E-state index in [-0.39, 0.29) is 5.91 Å². The van der Waals surface area contributed by atoms with Crippen molar-refractivity contribution in [1.82, 2.24) is 10.6 Å². The van der Waals surface area contributed by atoms with Crippen LogP contribution in [0.15, 0.2) is 18.2 Å². The van der Waals surface area contributed by atoms with Crippen LogP contribution in [0, 0.1) is 12.3 Å². The minimum Gasteiger partial charge on any atom is -0.444 e. The van der Waals surface area contributed by atoms with E-state index in [1.165, 1.54) is 24.0 Å². The first kappa shape index (κ1) is 23.1. The van der Waals surface area contributed by atoms with E-state index in [4.69, 9.17) is 15.9 Å². The fraction of sp³-hybridized carbons (Fsp3) is 0.600. The summed E-state index contributed by atoms with van der Waals surface area (Å²) >= 11 is 0. The molecule has 1 aromatic rings. The zero-order valence-electron chi connectivity index (χ0n) is 18.9. The van der Waals surface area contributed by atoms with E-state index in [0.717, 1.165) is 18.4 Å². The van der Waals surface area contributed by atoms with Crippen LogP contribution in [-0.4, -0.2) is 42.4 Å². The maximum Gasteiger partial charge on any atom is 0.408 e. The fourth-order valence-corrected chi connectivity index (χ4v) is 4.23. The largest absolute Gasteiger partial charge is 0.444 e. The molecular weight excluding hydrogens is 392 g/mol. The van der Waals surface area contributed by atoms with Crippen LogP contribution in [0.3, 0.4) is 0 Å². The van der Waals surface area contributed by atoms with Gasteiger partial charge in [-0.3, -0.25) is 4.79 Å². The number of ether oxygens (including phenoxy) is 2. The Balaban J connectivity index is 1.69. The van der Waals surface area contributed by atoms with E-state index in [1.54, 1.807) is 20.8 Å². The molecule has 0 spiro atoms. The molecule has 1 unspecified atom stereocenters. The quantitative estimate of drug-likeness (QED) is 0.709. The molecule has 1 fully saturated rings. The molecule has 6 nitrogen and oxygen atoms in total. The van der Waals surface area contributed by atoms with Gasteiger partial charge in [0, 0.05) is 32.5 Å². The molecule has 0 aromatic heterocycles. The zero-order chi connectivity index (χ0) is 22.5. The summed E-state index contributed by atoms with van der Waals surface area (Å²) in [6.07, 6.45) is 11.1. The normalized spacial score (nSPS) is 18.8. The number of terminal acetylenes is 1. The second kappa shape index (κ2) is 9.74. The molecule has 31 heavy (non-hydrogen) atoms. The molecule has 2 aliphatic rings. The number of nitrogens with one attached hydrogen (secondary N) is 2. The average molecular weight is 427 g/mol. The molecule has 1 aliphatic heterocycles. The number of carbonyl (C=O) groups is 2. The zero-order valence-corrected chi connectivity index (χ0v) is 18.9. The van der Waals surface area contributed by atoms with Crippen molar-refractivity contribution >= 4 is 12.0 Å². The van der Waals surface area contributed by atoms with Crippen LogP contribution in [0.2, 0.25) is 0 Å². The molecule has 0 saturated carbocycles. The number of rotatable bonds is 5.